The van der Waals surface area contributed by atoms with Crippen molar-refractivity contribution in [1.29, 1.82) is 0 Å². The Kier molecular flexibility index (Phi) is 5.35. The van der Waals surface area contributed by atoms with Crippen LogP contribution in [0.15, 0.2) is 29.8 Å². The van der Waals surface area contributed by atoms with Gasteiger partial charge in [-0.1, -0.05) is 6.07 Å². The van der Waals surface area contributed by atoms with Crippen molar-refractivity contribution in [2.45, 2.75) is 12.8 Å². The van der Waals surface area contributed by atoms with E-state index in [1.807, 2.05) is 0 Å². The van der Waals surface area contributed by atoms with Crippen LogP contribution >= 0.6 is 0 Å². The maximum Gasteiger partial charge on any atom is 0.203 e. The summed E-state index contributed by atoms with van der Waals surface area (Å²) in [6, 6.07) is 6.28. The molecule has 2 aromatic carbocycles. The molecule has 0 aliphatic heterocycles. The zero-order chi connectivity index (χ0) is 19.6. The summed E-state index contributed by atoms with van der Waals surface area (Å²) in [7, 11) is 5.98. The van der Waals surface area contributed by atoms with Crippen LogP contribution < -0.4 is 18.9 Å². The summed E-state index contributed by atoms with van der Waals surface area (Å²) >= 11 is 0. The lowest BCUT2D eigenvalue weighted by Gasteiger charge is -2.23. The fourth-order valence-electron chi connectivity index (χ4n) is 3.32. The largest absolute Gasteiger partial charge is 0.494 e. The third-order valence-electron chi connectivity index (χ3n) is 4.63. The Bertz CT molecular complexity index is 917. The number of ether oxygens (including phenoxy) is 4. The predicted molar refractivity (Wildman–Crippen MR) is 99.7 cm³/mol. The second-order valence-electron chi connectivity index (χ2n) is 6.06. The Balaban J connectivity index is 2.04. The molecule has 0 amide bonds. The van der Waals surface area contributed by atoms with Gasteiger partial charge in [-0.2, -0.15) is 0 Å². The Morgan fingerprint density at radius 2 is 1.59 bits per heavy atom. The second kappa shape index (κ2) is 7.70. The number of hydrogen-bond acceptors (Lipinski definition) is 5. The molecule has 0 saturated carbocycles. The fourth-order valence-corrected chi connectivity index (χ4v) is 3.32. The lowest BCUT2D eigenvalue weighted by molar-refractivity contribution is 0.102. The van der Waals surface area contributed by atoms with Crippen molar-refractivity contribution in [1.82, 2.24) is 0 Å². The van der Waals surface area contributed by atoms with Gasteiger partial charge in [0.15, 0.2) is 28.8 Å². The van der Waals surface area contributed by atoms with Gasteiger partial charge in [0.25, 0.3) is 0 Å². The molecule has 0 saturated heterocycles. The third kappa shape index (κ3) is 3.35. The highest BCUT2D eigenvalue weighted by atomic mass is 19.1. The first-order valence-corrected chi connectivity index (χ1v) is 8.44. The Labute approximate surface area is 157 Å². The number of methoxy groups -OCH3 is 4. The fraction of sp³-hybridized carbons (Fsp3) is 0.286. The smallest absolute Gasteiger partial charge is 0.203 e. The van der Waals surface area contributed by atoms with E-state index in [1.165, 1.54) is 34.5 Å². The van der Waals surface area contributed by atoms with E-state index in [2.05, 4.69) is 0 Å². The molecule has 3 rings (SSSR count). The van der Waals surface area contributed by atoms with Gasteiger partial charge in [-0.15, -0.1) is 0 Å². The summed E-state index contributed by atoms with van der Waals surface area (Å²) in [6.45, 7) is 0. The van der Waals surface area contributed by atoms with Crippen molar-refractivity contribution in [3.05, 3.63) is 52.3 Å². The molecule has 0 heterocycles. The molecule has 1 aliphatic rings. The van der Waals surface area contributed by atoms with E-state index >= 15 is 0 Å². The van der Waals surface area contributed by atoms with Crippen molar-refractivity contribution in [2.24, 2.45) is 0 Å². The van der Waals surface area contributed by atoms with E-state index in [-0.39, 0.29) is 11.5 Å². The molecular weight excluding hydrogens is 351 g/mol. The lowest BCUT2D eigenvalue weighted by Crippen LogP contribution is -2.16. The van der Waals surface area contributed by atoms with Gasteiger partial charge in [0.1, 0.15) is 0 Å². The molecule has 0 unspecified atom stereocenters. The van der Waals surface area contributed by atoms with Crippen LogP contribution in [0.5, 0.6) is 23.0 Å². The first kappa shape index (κ1) is 18.8. The number of carbonyl (C=O) groups excluding carboxylic acids is 1. The highest BCUT2D eigenvalue weighted by Crippen LogP contribution is 2.45. The zero-order valence-electron chi connectivity index (χ0n) is 15.7. The lowest BCUT2D eigenvalue weighted by atomic mass is 9.85. The normalized spacial score (nSPS) is 14.7. The third-order valence-corrected chi connectivity index (χ3v) is 4.63. The van der Waals surface area contributed by atoms with Crippen LogP contribution in [-0.2, 0) is 6.42 Å². The minimum Gasteiger partial charge on any atom is -0.494 e. The maximum atomic E-state index is 13.9. The highest BCUT2D eigenvalue weighted by Gasteiger charge is 2.29. The Morgan fingerprint density at radius 1 is 0.889 bits per heavy atom. The summed E-state index contributed by atoms with van der Waals surface area (Å²) in [5.41, 5.74) is 2.50. The van der Waals surface area contributed by atoms with Crippen molar-refractivity contribution >= 4 is 11.9 Å². The molecule has 0 fully saturated rings. The summed E-state index contributed by atoms with van der Waals surface area (Å²) in [6.07, 6.45) is 2.83. The number of fused-ring (bicyclic) bond motifs is 1. The van der Waals surface area contributed by atoms with Gasteiger partial charge in [0, 0.05) is 16.7 Å². The van der Waals surface area contributed by atoms with Gasteiger partial charge in [0.2, 0.25) is 5.75 Å². The number of benzene rings is 2. The second-order valence-corrected chi connectivity index (χ2v) is 6.06. The van der Waals surface area contributed by atoms with E-state index in [0.29, 0.717) is 46.8 Å². The summed E-state index contributed by atoms with van der Waals surface area (Å²) in [5.74, 6) is 0.971. The number of hydrogen-bond donors (Lipinski definition) is 0. The number of rotatable bonds is 5. The standard InChI is InChI=1S/C21H21FO5/c1-24-17-8-5-12(10-16(17)22)9-13-6-7-14-15(19(13)23)11-18(25-2)21(27-4)20(14)26-3/h5,8-11H,6-7H2,1-4H3/b13-9+. The van der Waals surface area contributed by atoms with Crippen LogP contribution in [0, 0.1) is 5.82 Å². The van der Waals surface area contributed by atoms with Gasteiger partial charge in [-0.3, -0.25) is 4.79 Å². The molecule has 5 nitrogen and oxygen atoms in total. The Hall–Kier alpha value is -3.02. The van der Waals surface area contributed by atoms with E-state index < -0.39 is 5.82 Å². The number of Topliss-reactive ketones (excluding diaryl/α,β-unsaturated/α-hetero) is 1. The minimum absolute atomic E-state index is 0.133. The maximum absolute atomic E-state index is 13.9. The first-order chi connectivity index (χ1) is 13.0. The highest BCUT2D eigenvalue weighted by molar-refractivity contribution is 6.14. The summed E-state index contributed by atoms with van der Waals surface area (Å²) in [4.78, 5) is 13.0. The summed E-state index contributed by atoms with van der Waals surface area (Å²) in [5, 5.41) is 0. The molecule has 142 valence electrons. The Morgan fingerprint density at radius 3 is 2.19 bits per heavy atom. The first-order valence-electron chi connectivity index (χ1n) is 8.44. The molecule has 0 aromatic heterocycles. The molecule has 6 heteroatoms. The SMILES string of the molecule is COc1ccc(/C=C2\CCc3c(cc(OC)c(OC)c3OC)C2=O)cc1F. The van der Waals surface area contributed by atoms with E-state index in [1.54, 1.807) is 24.3 Å². The van der Waals surface area contributed by atoms with Gasteiger partial charge in [-0.05, 0) is 42.7 Å². The number of ketones is 1. The molecule has 0 bridgehead atoms. The van der Waals surface area contributed by atoms with E-state index in [4.69, 9.17) is 18.9 Å². The minimum atomic E-state index is -0.469. The number of allylic oxidation sites excluding steroid dienone is 1. The van der Waals surface area contributed by atoms with Gasteiger partial charge < -0.3 is 18.9 Å². The van der Waals surface area contributed by atoms with Gasteiger partial charge >= 0.3 is 0 Å². The van der Waals surface area contributed by atoms with Crippen LogP contribution in [0.1, 0.15) is 27.9 Å². The van der Waals surface area contributed by atoms with Crippen molar-refractivity contribution in [3.63, 3.8) is 0 Å². The van der Waals surface area contributed by atoms with Crippen LogP contribution in [0.2, 0.25) is 0 Å². The molecule has 27 heavy (non-hydrogen) atoms. The average molecular weight is 372 g/mol. The monoisotopic (exact) mass is 372 g/mol. The van der Waals surface area contributed by atoms with Crippen molar-refractivity contribution in [3.8, 4) is 23.0 Å². The van der Waals surface area contributed by atoms with Crippen molar-refractivity contribution < 1.29 is 28.1 Å². The van der Waals surface area contributed by atoms with Crippen LogP contribution in [0.25, 0.3) is 6.08 Å². The van der Waals surface area contributed by atoms with Crippen LogP contribution in [-0.4, -0.2) is 34.2 Å². The van der Waals surface area contributed by atoms with Crippen LogP contribution in [0.3, 0.4) is 0 Å². The van der Waals surface area contributed by atoms with E-state index in [0.717, 1.165) is 5.56 Å². The quantitative estimate of drug-likeness (QED) is 0.741. The average Bonchev–Trinajstić information content (AvgIpc) is 2.68. The number of carbonyl (C=O) groups is 1. The van der Waals surface area contributed by atoms with Gasteiger partial charge in [0.05, 0.1) is 28.4 Å². The van der Waals surface area contributed by atoms with Gasteiger partial charge in [-0.25, -0.2) is 4.39 Å². The molecule has 0 radical (unpaired) electrons. The van der Waals surface area contributed by atoms with E-state index in [9.17, 15) is 9.18 Å². The zero-order valence-corrected chi connectivity index (χ0v) is 15.7. The molecule has 1 aliphatic carbocycles. The molecule has 0 N–H and O–H groups in total. The predicted octanol–water partition coefficient (Wildman–Crippen LogP) is 4.07. The summed E-state index contributed by atoms with van der Waals surface area (Å²) < 4.78 is 35.1. The molecule has 0 atom stereocenters. The topological polar surface area (TPSA) is 54.0 Å². The molecular formula is C21H21FO5. The molecule has 0 spiro atoms. The molecule has 2 aromatic rings. The number of halogens is 1. The van der Waals surface area contributed by atoms with Crippen molar-refractivity contribution in [2.75, 3.05) is 28.4 Å². The van der Waals surface area contributed by atoms with Crippen LogP contribution in [0.4, 0.5) is 4.39 Å².